The van der Waals surface area contributed by atoms with Gasteiger partial charge in [-0.25, -0.2) is 13.1 Å². The number of nitrogens with zero attached hydrogens (tertiary/aromatic N) is 3. The quantitative estimate of drug-likeness (QED) is 0.693. The van der Waals surface area contributed by atoms with Crippen molar-refractivity contribution in [3.05, 3.63) is 42.2 Å². The minimum atomic E-state index is -3.76. The van der Waals surface area contributed by atoms with Gasteiger partial charge in [0, 0.05) is 0 Å². The fourth-order valence-corrected chi connectivity index (χ4v) is 3.55. The zero-order valence-electron chi connectivity index (χ0n) is 17.0. The molecule has 154 valence electrons. The van der Waals surface area contributed by atoms with Gasteiger partial charge in [-0.3, -0.25) is 4.79 Å². The van der Waals surface area contributed by atoms with Gasteiger partial charge in [0.2, 0.25) is 15.9 Å². The summed E-state index contributed by atoms with van der Waals surface area (Å²) in [6.07, 6.45) is 3.14. The lowest BCUT2D eigenvalue weighted by Gasteiger charge is -2.22. The van der Waals surface area contributed by atoms with Crippen LogP contribution in [0.15, 0.2) is 41.6 Å². The Balaban J connectivity index is 1.96. The first-order valence-electron chi connectivity index (χ1n) is 9.23. The van der Waals surface area contributed by atoms with Gasteiger partial charge in [-0.1, -0.05) is 46.8 Å². The monoisotopic (exact) mass is 407 g/mol. The Hall–Kier alpha value is -2.26. The number of sulfonamides is 1. The van der Waals surface area contributed by atoms with Crippen molar-refractivity contribution in [3.63, 3.8) is 0 Å². The number of rotatable bonds is 8. The molecule has 0 saturated carbocycles. The average Bonchev–Trinajstić information content (AvgIpc) is 3.12. The number of nitrogens with one attached hydrogen (secondary N) is 2. The van der Waals surface area contributed by atoms with Crippen LogP contribution < -0.4 is 10.0 Å². The van der Waals surface area contributed by atoms with Crippen LogP contribution in [0.2, 0.25) is 0 Å². The smallest absolute Gasteiger partial charge is 0.241 e. The summed E-state index contributed by atoms with van der Waals surface area (Å²) in [5, 5.41) is 10.9. The van der Waals surface area contributed by atoms with Gasteiger partial charge in [0.05, 0.1) is 36.4 Å². The van der Waals surface area contributed by atoms with E-state index in [4.69, 9.17) is 0 Å². The van der Waals surface area contributed by atoms with Crippen LogP contribution in [0.4, 0.5) is 0 Å². The van der Waals surface area contributed by atoms with Crippen LogP contribution in [0.1, 0.15) is 40.2 Å². The van der Waals surface area contributed by atoms with Crippen LogP contribution in [0.25, 0.3) is 0 Å². The van der Waals surface area contributed by atoms with Crippen molar-refractivity contribution >= 4 is 15.9 Å². The van der Waals surface area contributed by atoms with Crippen molar-refractivity contribution in [2.45, 2.75) is 57.5 Å². The van der Waals surface area contributed by atoms with Crippen molar-refractivity contribution in [2.24, 2.45) is 5.92 Å². The first-order chi connectivity index (χ1) is 13.0. The van der Waals surface area contributed by atoms with Crippen molar-refractivity contribution in [1.29, 1.82) is 0 Å². The van der Waals surface area contributed by atoms with Gasteiger partial charge in [-0.05, 0) is 29.0 Å². The molecule has 0 radical (unpaired) electrons. The molecule has 8 nitrogen and oxygen atoms in total. The first kappa shape index (κ1) is 22.0. The number of carbonyl (C=O) groups is 1. The van der Waals surface area contributed by atoms with E-state index in [0.717, 1.165) is 5.56 Å². The van der Waals surface area contributed by atoms with Crippen molar-refractivity contribution in [2.75, 3.05) is 6.54 Å². The molecule has 1 unspecified atom stereocenters. The number of aromatic nitrogens is 3. The Kier molecular flexibility index (Phi) is 6.95. The molecule has 0 spiro atoms. The number of carbonyl (C=O) groups excluding carboxylic acids is 1. The highest BCUT2D eigenvalue weighted by atomic mass is 32.2. The fourth-order valence-electron chi connectivity index (χ4n) is 2.57. The van der Waals surface area contributed by atoms with Crippen molar-refractivity contribution < 1.29 is 13.2 Å². The third-order valence-corrected chi connectivity index (χ3v) is 5.85. The number of hydrogen-bond acceptors (Lipinski definition) is 5. The molecule has 0 saturated heterocycles. The topological polar surface area (TPSA) is 106 Å². The van der Waals surface area contributed by atoms with E-state index in [9.17, 15) is 13.2 Å². The van der Waals surface area contributed by atoms with Gasteiger partial charge in [0.15, 0.2) is 0 Å². The van der Waals surface area contributed by atoms with E-state index < -0.39 is 15.9 Å². The molecule has 0 fully saturated rings. The summed E-state index contributed by atoms with van der Waals surface area (Å²) >= 11 is 0. The second-order valence-corrected chi connectivity index (χ2v) is 9.87. The number of benzene rings is 1. The fraction of sp³-hybridized carbons (Fsp3) is 0.526. The van der Waals surface area contributed by atoms with Crippen LogP contribution in [-0.4, -0.2) is 41.9 Å². The summed E-state index contributed by atoms with van der Waals surface area (Å²) in [5.41, 5.74) is 0.974. The molecule has 0 aliphatic heterocycles. The normalized spacial score (nSPS) is 13.5. The van der Waals surface area contributed by atoms with E-state index in [0.29, 0.717) is 6.54 Å². The van der Waals surface area contributed by atoms with Gasteiger partial charge < -0.3 is 5.32 Å². The molecular weight excluding hydrogens is 378 g/mol. The predicted molar refractivity (Wildman–Crippen MR) is 107 cm³/mol. The Morgan fingerprint density at radius 2 is 1.68 bits per heavy atom. The summed E-state index contributed by atoms with van der Waals surface area (Å²) in [7, 11) is -3.76. The highest BCUT2D eigenvalue weighted by Crippen LogP contribution is 2.23. The average molecular weight is 408 g/mol. The van der Waals surface area contributed by atoms with Crippen LogP contribution in [0, 0.1) is 5.92 Å². The van der Waals surface area contributed by atoms with Crippen LogP contribution in [0.5, 0.6) is 0 Å². The van der Waals surface area contributed by atoms with Gasteiger partial charge >= 0.3 is 0 Å². The van der Waals surface area contributed by atoms with Crippen molar-refractivity contribution in [1.82, 2.24) is 25.0 Å². The third-order valence-electron chi connectivity index (χ3n) is 4.43. The lowest BCUT2D eigenvalue weighted by atomic mass is 9.87. The van der Waals surface area contributed by atoms with Crippen molar-refractivity contribution in [3.8, 4) is 0 Å². The molecule has 0 bridgehead atoms. The van der Waals surface area contributed by atoms with E-state index in [1.54, 1.807) is 36.7 Å². The van der Waals surface area contributed by atoms with Gasteiger partial charge in [-0.15, -0.1) is 0 Å². The molecule has 2 aromatic rings. The van der Waals surface area contributed by atoms with E-state index in [1.165, 1.54) is 4.80 Å². The number of hydrogen-bond donors (Lipinski definition) is 2. The molecule has 0 aliphatic carbocycles. The van der Waals surface area contributed by atoms with E-state index >= 15 is 0 Å². The summed E-state index contributed by atoms with van der Waals surface area (Å²) in [5.74, 6) is -0.266. The molecule has 1 heterocycles. The Morgan fingerprint density at radius 3 is 2.18 bits per heavy atom. The molecule has 1 atom stereocenters. The summed E-state index contributed by atoms with van der Waals surface area (Å²) < 4.78 is 27.3. The largest absolute Gasteiger partial charge is 0.350 e. The van der Waals surface area contributed by atoms with Gasteiger partial charge in [-0.2, -0.15) is 15.0 Å². The zero-order chi connectivity index (χ0) is 20.9. The minimum absolute atomic E-state index is 0.0646. The van der Waals surface area contributed by atoms with Gasteiger partial charge in [0.1, 0.15) is 0 Å². The predicted octanol–water partition coefficient (Wildman–Crippen LogP) is 1.69. The maximum atomic E-state index is 12.5. The third kappa shape index (κ3) is 6.13. The molecule has 9 heteroatoms. The highest BCUT2D eigenvalue weighted by Gasteiger charge is 2.21. The number of amides is 1. The Morgan fingerprint density at radius 1 is 1.11 bits per heavy atom. The first-order valence-corrected chi connectivity index (χ1v) is 10.7. The van der Waals surface area contributed by atoms with E-state index in [2.05, 4.69) is 41.0 Å². The molecule has 1 amide bonds. The lowest BCUT2D eigenvalue weighted by molar-refractivity contribution is -0.121. The summed E-state index contributed by atoms with van der Waals surface area (Å²) in [6.45, 7) is 10.2. The molecule has 1 aromatic heterocycles. The Labute approximate surface area is 166 Å². The second-order valence-electron chi connectivity index (χ2n) is 8.10. The molecular formula is C19H29N5O3S. The maximum absolute atomic E-state index is 12.5. The van der Waals surface area contributed by atoms with Crippen LogP contribution in [0.3, 0.4) is 0 Å². The molecule has 0 aliphatic rings. The zero-order valence-corrected chi connectivity index (χ0v) is 17.8. The highest BCUT2D eigenvalue weighted by molar-refractivity contribution is 7.89. The Bertz CT molecular complexity index is 869. The van der Waals surface area contributed by atoms with Crippen LogP contribution in [-0.2, 0) is 26.8 Å². The summed E-state index contributed by atoms with van der Waals surface area (Å²) in [6, 6.07) is 6.49. The maximum Gasteiger partial charge on any atom is 0.241 e. The molecule has 2 rings (SSSR count). The molecule has 1 aromatic carbocycles. The molecule has 28 heavy (non-hydrogen) atoms. The lowest BCUT2D eigenvalue weighted by Crippen LogP contribution is -2.46. The molecule has 2 N–H and O–H groups in total. The standard InChI is InChI=1S/C19H29N5O3S/c1-14(2)17(13-24-20-10-11-21-24)23-18(25)12-22-28(26,27)16-8-6-15(7-9-16)19(3,4)5/h6-11,14,17,22H,12-13H2,1-5H3,(H,23,25). The second kappa shape index (κ2) is 8.83. The van der Waals surface area contributed by atoms with Crippen LogP contribution >= 0.6 is 0 Å². The SMILES string of the molecule is CC(C)C(Cn1nccn1)NC(=O)CNS(=O)(=O)c1ccc(C(C)(C)C)cc1. The summed E-state index contributed by atoms with van der Waals surface area (Å²) in [4.78, 5) is 13.9. The minimum Gasteiger partial charge on any atom is -0.350 e. The van der Waals surface area contributed by atoms with E-state index in [1.807, 2.05) is 13.8 Å². The van der Waals surface area contributed by atoms with Gasteiger partial charge in [0.25, 0.3) is 0 Å². The van der Waals surface area contributed by atoms with E-state index in [-0.39, 0.29) is 28.8 Å².